The molecule has 4 nitrogen and oxygen atoms in total. The minimum absolute atomic E-state index is 0.200. The normalized spacial score (nSPS) is 14.0. The van der Waals surface area contributed by atoms with E-state index in [-0.39, 0.29) is 11.5 Å². The summed E-state index contributed by atoms with van der Waals surface area (Å²) in [5.74, 6) is 0.0256. The highest BCUT2D eigenvalue weighted by Crippen LogP contribution is 2.34. The summed E-state index contributed by atoms with van der Waals surface area (Å²) in [6.07, 6.45) is 7.73. The lowest BCUT2D eigenvalue weighted by Gasteiger charge is -2.14. The molecule has 0 fully saturated rings. The number of pyridine rings is 1. The first-order valence-corrected chi connectivity index (χ1v) is 7.52. The molecule has 110 valence electrons. The fraction of sp³-hybridized carbons (Fsp3) is 0.222. The number of carbonyl (C=O) groups is 1. The fourth-order valence-corrected chi connectivity index (χ4v) is 3.15. The molecule has 0 atom stereocenters. The van der Waals surface area contributed by atoms with Crippen LogP contribution in [0.5, 0.6) is 0 Å². The minimum atomic E-state index is -0.200. The lowest BCUT2D eigenvalue weighted by Crippen LogP contribution is -2.03. The summed E-state index contributed by atoms with van der Waals surface area (Å²) >= 11 is 0. The molecule has 4 heteroatoms. The van der Waals surface area contributed by atoms with Gasteiger partial charge in [0.2, 0.25) is 5.78 Å². The van der Waals surface area contributed by atoms with Crippen LogP contribution in [0.15, 0.2) is 41.1 Å². The molecule has 0 amide bonds. The molecule has 0 bridgehead atoms. The summed E-state index contributed by atoms with van der Waals surface area (Å²) in [4.78, 5) is 16.5. The van der Waals surface area contributed by atoms with Crippen LogP contribution in [-0.4, -0.2) is 10.8 Å². The monoisotopic (exact) mass is 292 g/mol. The van der Waals surface area contributed by atoms with Crippen molar-refractivity contribution in [3.05, 3.63) is 59.1 Å². The molecule has 0 aliphatic heterocycles. The van der Waals surface area contributed by atoms with Gasteiger partial charge in [-0.05, 0) is 61.1 Å². The van der Waals surface area contributed by atoms with Crippen molar-refractivity contribution in [3.63, 3.8) is 0 Å². The van der Waals surface area contributed by atoms with Gasteiger partial charge < -0.3 is 10.2 Å². The summed E-state index contributed by atoms with van der Waals surface area (Å²) < 4.78 is 5.79. The van der Waals surface area contributed by atoms with Crippen LogP contribution in [0.2, 0.25) is 0 Å². The van der Waals surface area contributed by atoms with E-state index in [0.29, 0.717) is 16.8 Å². The van der Waals surface area contributed by atoms with Crippen molar-refractivity contribution >= 4 is 22.4 Å². The third-order valence-corrected chi connectivity index (χ3v) is 4.34. The molecule has 0 saturated heterocycles. The SMILES string of the molecule is Nc1c(C(=O)c2ccncc2)oc2cc3c(cc12)CCCC3. The second-order valence-corrected chi connectivity index (χ2v) is 5.73. The highest BCUT2D eigenvalue weighted by atomic mass is 16.3. The second kappa shape index (κ2) is 4.98. The number of hydrogen-bond donors (Lipinski definition) is 1. The number of hydrogen-bond acceptors (Lipinski definition) is 4. The predicted octanol–water partition coefficient (Wildman–Crippen LogP) is 3.52. The molecule has 1 aromatic carbocycles. The molecule has 1 aliphatic rings. The van der Waals surface area contributed by atoms with Gasteiger partial charge in [0.15, 0.2) is 5.76 Å². The Kier molecular flexibility index (Phi) is 2.96. The van der Waals surface area contributed by atoms with Crippen molar-refractivity contribution in [1.82, 2.24) is 4.98 Å². The summed E-state index contributed by atoms with van der Waals surface area (Å²) in [7, 11) is 0. The number of anilines is 1. The third kappa shape index (κ3) is 1.99. The molecule has 0 unspecified atom stereocenters. The zero-order chi connectivity index (χ0) is 15.1. The van der Waals surface area contributed by atoms with E-state index in [9.17, 15) is 4.79 Å². The number of aromatic nitrogens is 1. The molecule has 2 aromatic heterocycles. The minimum Gasteiger partial charge on any atom is -0.450 e. The zero-order valence-electron chi connectivity index (χ0n) is 12.1. The van der Waals surface area contributed by atoms with Crippen LogP contribution < -0.4 is 5.73 Å². The molecule has 3 aromatic rings. The molecule has 1 aliphatic carbocycles. The van der Waals surface area contributed by atoms with Crippen LogP contribution in [0.3, 0.4) is 0 Å². The first kappa shape index (κ1) is 13.1. The summed E-state index contributed by atoms with van der Waals surface area (Å²) in [5, 5.41) is 0.845. The predicted molar refractivity (Wildman–Crippen MR) is 84.9 cm³/mol. The number of aryl methyl sites for hydroxylation is 2. The Morgan fingerprint density at radius 2 is 1.77 bits per heavy atom. The first-order chi connectivity index (χ1) is 10.7. The zero-order valence-corrected chi connectivity index (χ0v) is 12.1. The molecule has 4 rings (SSSR count). The summed E-state index contributed by atoms with van der Waals surface area (Å²) in [6.45, 7) is 0. The van der Waals surface area contributed by atoms with Gasteiger partial charge in [-0.2, -0.15) is 0 Å². The lowest BCUT2D eigenvalue weighted by atomic mass is 9.90. The topological polar surface area (TPSA) is 69.1 Å². The number of nitrogens with two attached hydrogens (primary N) is 1. The van der Waals surface area contributed by atoms with Crippen LogP contribution in [0.4, 0.5) is 5.69 Å². The maximum atomic E-state index is 12.6. The van der Waals surface area contributed by atoms with Gasteiger partial charge in [0, 0.05) is 23.3 Å². The van der Waals surface area contributed by atoms with Crippen molar-refractivity contribution in [2.24, 2.45) is 0 Å². The van der Waals surface area contributed by atoms with Gasteiger partial charge >= 0.3 is 0 Å². The van der Waals surface area contributed by atoms with Crippen LogP contribution in [0.25, 0.3) is 11.0 Å². The number of carbonyl (C=O) groups excluding carboxylic acids is 1. The van der Waals surface area contributed by atoms with Crippen LogP contribution in [0.1, 0.15) is 40.1 Å². The smallest absolute Gasteiger partial charge is 0.230 e. The number of fused-ring (bicyclic) bond motifs is 2. The molecule has 0 radical (unpaired) electrons. The van der Waals surface area contributed by atoms with E-state index < -0.39 is 0 Å². The lowest BCUT2D eigenvalue weighted by molar-refractivity contribution is 0.101. The molecule has 22 heavy (non-hydrogen) atoms. The number of rotatable bonds is 2. The highest BCUT2D eigenvalue weighted by Gasteiger charge is 2.22. The number of nitrogen functional groups attached to an aromatic ring is 1. The average Bonchev–Trinajstić information content (AvgIpc) is 2.89. The van der Waals surface area contributed by atoms with E-state index in [1.165, 1.54) is 24.0 Å². The van der Waals surface area contributed by atoms with Gasteiger partial charge in [-0.25, -0.2) is 0 Å². The van der Waals surface area contributed by atoms with Crippen LogP contribution >= 0.6 is 0 Å². The van der Waals surface area contributed by atoms with Crippen LogP contribution in [-0.2, 0) is 12.8 Å². The van der Waals surface area contributed by atoms with Gasteiger partial charge in [-0.15, -0.1) is 0 Å². The Balaban J connectivity index is 1.85. The summed E-state index contributed by atoms with van der Waals surface area (Å²) in [6, 6.07) is 7.47. The van der Waals surface area contributed by atoms with Crippen molar-refractivity contribution < 1.29 is 9.21 Å². The molecule has 2 heterocycles. The largest absolute Gasteiger partial charge is 0.450 e. The molecule has 0 saturated carbocycles. The second-order valence-electron chi connectivity index (χ2n) is 5.73. The third-order valence-electron chi connectivity index (χ3n) is 4.34. The fourth-order valence-electron chi connectivity index (χ4n) is 3.15. The van der Waals surface area contributed by atoms with Crippen molar-refractivity contribution in [3.8, 4) is 0 Å². The standard InChI is InChI=1S/C18H16N2O2/c19-16-14-9-12-3-1-2-4-13(12)10-15(14)22-18(16)17(21)11-5-7-20-8-6-11/h5-10H,1-4,19H2. The van der Waals surface area contributed by atoms with Gasteiger partial charge in [-0.1, -0.05) is 0 Å². The van der Waals surface area contributed by atoms with Gasteiger partial charge in [0.1, 0.15) is 5.58 Å². The number of benzene rings is 1. The molecular formula is C18H16N2O2. The van der Waals surface area contributed by atoms with E-state index in [1.54, 1.807) is 24.5 Å². The molecular weight excluding hydrogens is 276 g/mol. The van der Waals surface area contributed by atoms with Crippen molar-refractivity contribution in [2.45, 2.75) is 25.7 Å². The quantitative estimate of drug-likeness (QED) is 0.734. The summed E-state index contributed by atoms with van der Waals surface area (Å²) in [5.41, 5.74) is 10.5. The number of nitrogens with zero attached hydrogens (tertiary/aromatic N) is 1. The van der Waals surface area contributed by atoms with E-state index in [0.717, 1.165) is 18.2 Å². The van der Waals surface area contributed by atoms with E-state index in [4.69, 9.17) is 10.2 Å². The average molecular weight is 292 g/mol. The first-order valence-electron chi connectivity index (χ1n) is 7.52. The van der Waals surface area contributed by atoms with Crippen LogP contribution in [0, 0.1) is 0 Å². The van der Waals surface area contributed by atoms with E-state index in [2.05, 4.69) is 11.1 Å². The van der Waals surface area contributed by atoms with Gasteiger partial charge in [-0.3, -0.25) is 9.78 Å². The van der Waals surface area contributed by atoms with Crippen molar-refractivity contribution in [1.29, 1.82) is 0 Å². The van der Waals surface area contributed by atoms with E-state index >= 15 is 0 Å². The molecule has 0 spiro atoms. The Bertz CT molecular complexity index is 866. The Labute approximate surface area is 128 Å². The highest BCUT2D eigenvalue weighted by molar-refractivity contribution is 6.14. The Morgan fingerprint density at radius 1 is 1.09 bits per heavy atom. The van der Waals surface area contributed by atoms with Crippen molar-refractivity contribution in [2.75, 3.05) is 5.73 Å². The molecule has 2 N–H and O–H groups in total. The number of furan rings is 1. The van der Waals surface area contributed by atoms with Gasteiger partial charge in [0.05, 0.1) is 5.69 Å². The maximum Gasteiger partial charge on any atom is 0.230 e. The Hall–Kier alpha value is -2.62. The van der Waals surface area contributed by atoms with Gasteiger partial charge in [0.25, 0.3) is 0 Å². The maximum absolute atomic E-state index is 12.6. The number of ketones is 1. The van der Waals surface area contributed by atoms with E-state index in [1.807, 2.05) is 6.07 Å². The Morgan fingerprint density at radius 3 is 2.50 bits per heavy atom.